The van der Waals surface area contributed by atoms with Gasteiger partial charge in [-0.2, -0.15) is 0 Å². The standard InChI is InChI=1S/C19H38N4O3.HI/c1-18(2,3)26-17(24)22-13-8-12-21-16(20-4)23-15-19(11-14-25-5)9-6-7-10-19;/h6-15H2,1-5H3,(H,22,24)(H2,20,21,23);1H. The largest absolute Gasteiger partial charge is 0.444 e. The van der Waals surface area contributed by atoms with E-state index in [1.807, 2.05) is 20.8 Å². The van der Waals surface area contributed by atoms with Gasteiger partial charge in [-0.25, -0.2) is 4.79 Å². The summed E-state index contributed by atoms with van der Waals surface area (Å²) >= 11 is 0. The first-order valence-electron chi connectivity index (χ1n) is 9.70. The van der Waals surface area contributed by atoms with Crippen LogP contribution in [0.2, 0.25) is 0 Å². The van der Waals surface area contributed by atoms with Crippen LogP contribution < -0.4 is 16.0 Å². The molecule has 0 radical (unpaired) electrons. The lowest BCUT2D eigenvalue weighted by Crippen LogP contribution is -2.44. The molecular weight excluding hydrogens is 459 g/mol. The summed E-state index contributed by atoms with van der Waals surface area (Å²) in [7, 11) is 3.55. The normalized spacial score (nSPS) is 16.4. The fourth-order valence-electron chi connectivity index (χ4n) is 3.25. The van der Waals surface area contributed by atoms with E-state index in [1.54, 1.807) is 14.2 Å². The van der Waals surface area contributed by atoms with Gasteiger partial charge in [-0.15, -0.1) is 24.0 Å². The van der Waals surface area contributed by atoms with Gasteiger partial charge in [0.15, 0.2) is 5.96 Å². The fraction of sp³-hybridized carbons (Fsp3) is 0.895. The number of halogens is 1. The zero-order valence-corrected chi connectivity index (χ0v) is 20.0. The van der Waals surface area contributed by atoms with Crippen LogP contribution in [0.15, 0.2) is 4.99 Å². The first-order chi connectivity index (χ1) is 12.3. The van der Waals surface area contributed by atoms with Gasteiger partial charge < -0.3 is 25.4 Å². The lowest BCUT2D eigenvalue weighted by Gasteiger charge is -2.30. The minimum atomic E-state index is -0.465. The molecule has 0 bridgehead atoms. The van der Waals surface area contributed by atoms with Crippen molar-refractivity contribution in [3.05, 3.63) is 0 Å². The number of carbonyl (C=O) groups is 1. The molecule has 0 atom stereocenters. The van der Waals surface area contributed by atoms with E-state index in [0.717, 1.165) is 38.5 Å². The van der Waals surface area contributed by atoms with Crippen LogP contribution in [0, 0.1) is 5.41 Å². The van der Waals surface area contributed by atoms with E-state index in [0.29, 0.717) is 12.0 Å². The Morgan fingerprint density at radius 3 is 2.30 bits per heavy atom. The summed E-state index contributed by atoms with van der Waals surface area (Å²) in [5, 5.41) is 9.53. The topological polar surface area (TPSA) is 84.0 Å². The van der Waals surface area contributed by atoms with Crippen molar-refractivity contribution >= 4 is 36.0 Å². The van der Waals surface area contributed by atoms with Crippen molar-refractivity contribution in [2.24, 2.45) is 10.4 Å². The number of hydrogen-bond acceptors (Lipinski definition) is 4. The molecule has 0 aromatic rings. The minimum Gasteiger partial charge on any atom is -0.444 e. The summed E-state index contributed by atoms with van der Waals surface area (Å²) in [5.74, 6) is 0.811. The number of hydrogen-bond donors (Lipinski definition) is 3. The second-order valence-electron chi connectivity index (χ2n) is 8.08. The van der Waals surface area contributed by atoms with Crippen molar-refractivity contribution in [2.45, 2.75) is 64.9 Å². The molecule has 0 aromatic heterocycles. The molecule has 7 nitrogen and oxygen atoms in total. The molecule has 1 aliphatic carbocycles. The molecule has 1 saturated carbocycles. The quantitative estimate of drug-likeness (QED) is 0.197. The van der Waals surface area contributed by atoms with Crippen LogP contribution in [0.4, 0.5) is 4.79 Å². The molecule has 1 rings (SSSR count). The van der Waals surface area contributed by atoms with Crippen molar-refractivity contribution in [3.8, 4) is 0 Å². The Labute approximate surface area is 181 Å². The highest BCUT2D eigenvalue weighted by atomic mass is 127. The molecule has 27 heavy (non-hydrogen) atoms. The van der Waals surface area contributed by atoms with Crippen LogP contribution in [0.3, 0.4) is 0 Å². The molecule has 0 aliphatic heterocycles. The van der Waals surface area contributed by atoms with E-state index in [9.17, 15) is 4.79 Å². The minimum absolute atomic E-state index is 0. The number of carbonyl (C=O) groups excluding carboxylic acids is 1. The third-order valence-electron chi connectivity index (χ3n) is 4.67. The average molecular weight is 498 g/mol. The van der Waals surface area contributed by atoms with Gasteiger partial charge in [-0.05, 0) is 51.9 Å². The van der Waals surface area contributed by atoms with Gasteiger partial charge >= 0.3 is 6.09 Å². The maximum Gasteiger partial charge on any atom is 0.407 e. The summed E-state index contributed by atoms with van der Waals surface area (Å²) in [4.78, 5) is 15.9. The smallest absolute Gasteiger partial charge is 0.407 e. The Kier molecular flexibility index (Phi) is 13.0. The Hall–Kier alpha value is -0.770. The van der Waals surface area contributed by atoms with Gasteiger partial charge in [0.25, 0.3) is 0 Å². The Morgan fingerprint density at radius 2 is 1.74 bits per heavy atom. The van der Waals surface area contributed by atoms with E-state index < -0.39 is 5.60 Å². The van der Waals surface area contributed by atoms with Crippen LogP contribution in [0.5, 0.6) is 0 Å². The fourth-order valence-corrected chi connectivity index (χ4v) is 3.25. The maximum atomic E-state index is 11.6. The molecule has 0 aromatic carbocycles. The van der Waals surface area contributed by atoms with Crippen LogP contribution in [-0.4, -0.2) is 58.1 Å². The van der Waals surface area contributed by atoms with Gasteiger partial charge in [-0.1, -0.05) is 12.8 Å². The van der Waals surface area contributed by atoms with E-state index in [-0.39, 0.29) is 30.1 Å². The summed E-state index contributed by atoms with van der Waals surface area (Å²) in [6.07, 6.45) is 6.62. The predicted octanol–water partition coefficient (Wildman–Crippen LogP) is 3.28. The second kappa shape index (κ2) is 13.4. The third-order valence-corrected chi connectivity index (χ3v) is 4.67. The number of nitrogens with zero attached hydrogens (tertiary/aromatic N) is 1. The number of methoxy groups -OCH3 is 1. The SMILES string of the molecule is CN=C(NCCCNC(=O)OC(C)(C)C)NCC1(CCOC)CCCC1.I. The highest BCUT2D eigenvalue weighted by molar-refractivity contribution is 14.0. The zero-order chi connectivity index (χ0) is 19.5. The van der Waals surface area contributed by atoms with Crippen LogP contribution in [-0.2, 0) is 9.47 Å². The molecule has 3 N–H and O–H groups in total. The van der Waals surface area contributed by atoms with Crippen molar-refractivity contribution in [2.75, 3.05) is 40.4 Å². The van der Waals surface area contributed by atoms with Gasteiger partial charge in [0.2, 0.25) is 0 Å². The van der Waals surface area contributed by atoms with E-state index in [2.05, 4.69) is 20.9 Å². The Morgan fingerprint density at radius 1 is 1.11 bits per heavy atom. The lowest BCUT2D eigenvalue weighted by molar-refractivity contribution is 0.0527. The van der Waals surface area contributed by atoms with E-state index in [1.165, 1.54) is 25.7 Å². The zero-order valence-electron chi connectivity index (χ0n) is 17.7. The number of amides is 1. The molecule has 0 saturated heterocycles. The van der Waals surface area contributed by atoms with Crippen LogP contribution in [0.25, 0.3) is 0 Å². The maximum absolute atomic E-state index is 11.6. The monoisotopic (exact) mass is 498 g/mol. The number of rotatable bonds is 9. The summed E-state index contributed by atoms with van der Waals surface area (Å²) < 4.78 is 10.5. The molecule has 1 aliphatic rings. The van der Waals surface area contributed by atoms with Crippen molar-refractivity contribution in [1.82, 2.24) is 16.0 Å². The summed E-state index contributed by atoms with van der Waals surface area (Å²) in [6, 6.07) is 0. The summed E-state index contributed by atoms with van der Waals surface area (Å²) in [6.45, 7) is 8.60. The number of aliphatic imine (C=N–C) groups is 1. The molecule has 8 heteroatoms. The first kappa shape index (κ1) is 26.2. The summed E-state index contributed by atoms with van der Waals surface area (Å²) in [5.41, 5.74) is -0.140. The molecule has 1 amide bonds. The number of ether oxygens (including phenoxy) is 2. The van der Waals surface area contributed by atoms with Crippen molar-refractivity contribution in [1.29, 1.82) is 0 Å². The molecule has 160 valence electrons. The van der Waals surface area contributed by atoms with Gasteiger partial charge in [-0.3, -0.25) is 4.99 Å². The highest BCUT2D eigenvalue weighted by Crippen LogP contribution is 2.40. The average Bonchev–Trinajstić information content (AvgIpc) is 3.03. The third kappa shape index (κ3) is 11.6. The first-order valence-corrected chi connectivity index (χ1v) is 9.70. The number of guanidine groups is 1. The van der Waals surface area contributed by atoms with E-state index >= 15 is 0 Å². The highest BCUT2D eigenvalue weighted by Gasteiger charge is 2.33. The van der Waals surface area contributed by atoms with Gasteiger partial charge in [0.05, 0.1) is 0 Å². The molecular formula is C19H39IN4O3. The predicted molar refractivity (Wildman–Crippen MR) is 121 cm³/mol. The van der Waals surface area contributed by atoms with Gasteiger partial charge in [0, 0.05) is 40.4 Å². The van der Waals surface area contributed by atoms with Crippen molar-refractivity contribution < 1.29 is 14.3 Å². The van der Waals surface area contributed by atoms with Gasteiger partial charge in [0.1, 0.15) is 5.60 Å². The molecule has 1 fully saturated rings. The number of nitrogens with one attached hydrogen (secondary N) is 3. The number of alkyl carbamates (subject to hydrolysis) is 1. The second-order valence-corrected chi connectivity index (χ2v) is 8.08. The Bertz CT molecular complexity index is 447. The molecule has 0 heterocycles. The lowest BCUT2D eigenvalue weighted by atomic mass is 9.83. The van der Waals surface area contributed by atoms with Crippen LogP contribution in [0.1, 0.15) is 59.3 Å². The van der Waals surface area contributed by atoms with Crippen molar-refractivity contribution in [3.63, 3.8) is 0 Å². The van der Waals surface area contributed by atoms with E-state index in [4.69, 9.17) is 9.47 Å². The molecule has 0 spiro atoms. The van der Waals surface area contributed by atoms with Crippen LogP contribution >= 0.6 is 24.0 Å². The Balaban J connectivity index is 0.00000676. The molecule has 0 unspecified atom stereocenters.